The summed E-state index contributed by atoms with van der Waals surface area (Å²) in [6.07, 6.45) is 3.19. The smallest absolute Gasteiger partial charge is 0.241 e. The molecule has 2 amide bonds. The lowest BCUT2D eigenvalue weighted by atomic mass is 9.78. The number of rotatable bonds is 2. The van der Waals surface area contributed by atoms with Crippen molar-refractivity contribution in [2.75, 3.05) is 4.90 Å². The molecular weight excluding hydrogens is 322 g/mol. The average Bonchev–Trinajstić information content (AvgIpc) is 3.09. The molecule has 1 aromatic rings. The lowest BCUT2D eigenvalue weighted by Gasteiger charge is -2.24. The van der Waals surface area contributed by atoms with Gasteiger partial charge in [-0.1, -0.05) is 23.8 Å². The van der Waals surface area contributed by atoms with E-state index in [2.05, 4.69) is 0 Å². The van der Waals surface area contributed by atoms with Gasteiger partial charge in [-0.15, -0.1) is 0 Å². The number of carboxylic acid groups (broad SMARTS) is 1. The first-order valence-corrected chi connectivity index (χ1v) is 7.47. The molecule has 3 heterocycles. The number of aromatic carboxylic acids is 1. The summed E-state index contributed by atoms with van der Waals surface area (Å²) in [6, 6.07) is 3.97. The van der Waals surface area contributed by atoms with Gasteiger partial charge in [0.05, 0.1) is 35.2 Å². The van der Waals surface area contributed by atoms with Crippen molar-refractivity contribution in [3.63, 3.8) is 0 Å². The van der Waals surface area contributed by atoms with E-state index in [1.807, 2.05) is 6.08 Å². The minimum absolute atomic E-state index is 0.00919. The molecule has 4 atom stereocenters. The summed E-state index contributed by atoms with van der Waals surface area (Å²) in [7, 11) is 0. The molecule has 3 aliphatic rings. The molecule has 23 heavy (non-hydrogen) atoms. The van der Waals surface area contributed by atoms with Crippen molar-refractivity contribution in [2.45, 2.75) is 18.6 Å². The number of halogens is 1. The minimum Gasteiger partial charge on any atom is -0.545 e. The van der Waals surface area contributed by atoms with Gasteiger partial charge in [0.15, 0.2) is 0 Å². The maximum atomic E-state index is 12.8. The van der Waals surface area contributed by atoms with E-state index in [-0.39, 0.29) is 28.1 Å². The fraction of sp³-hybridized carbons (Fsp3) is 0.312. The minimum atomic E-state index is -1.46. The second kappa shape index (κ2) is 4.43. The third-order valence-corrected chi connectivity index (χ3v) is 5.09. The summed E-state index contributed by atoms with van der Waals surface area (Å²) in [5, 5.41) is 11.1. The summed E-state index contributed by atoms with van der Waals surface area (Å²) >= 11 is 5.81. The van der Waals surface area contributed by atoms with E-state index in [1.54, 1.807) is 13.0 Å². The number of nitrogens with zero attached hydrogens (tertiary/aromatic N) is 1. The Hall–Kier alpha value is -2.18. The Kier molecular flexibility index (Phi) is 2.77. The third kappa shape index (κ3) is 1.76. The number of benzene rings is 1. The molecule has 2 saturated heterocycles. The maximum Gasteiger partial charge on any atom is 0.241 e. The Morgan fingerprint density at radius 3 is 2.74 bits per heavy atom. The molecule has 2 bridgehead atoms. The molecule has 118 valence electrons. The number of carbonyl (C=O) groups is 3. The zero-order valence-corrected chi connectivity index (χ0v) is 12.7. The maximum absolute atomic E-state index is 12.8. The Morgan fingerprint density at radius 2 is 2.09 bits per heavy atom. The van der Waals surface area contributed by atoms with E-state index >= 15 is 0 Å². The van der Waals surface area contributed by atoms with Crippen LogP contribution in [0.3, 0.4) is 0 Å². The lowest BCUT2D eigenvalue weighted by Crippen LogP contribution is -2.38. The molecule has 2 fully saturated rings. The van der Waals surface area contributed by atoms with Gasteiger partial charge in [-0.05, 0) is 25.1 Å². The number of ether oxygens (including phenoxy) is 1. The number of hydrogen-bond acceptors (Lipinski definition) is 5. The molecule has 0 radical (unpaired) electrons. The van der Waals surface area contributed by atoms with E-state index in [0.29, 0.717) is 0 Å². The van der Waals surface area contributed by atoms with Crippen molar-refractivity contribution in [1.29, 1.82) is 0 Å². The van der Waals surface area contributed by atoms with E-state index in [4.69, 9.17) is 16.3 Å². The number of anilines is 1. The molecule has 1 aromatic carbocycles. The van der Waals surface area contributed by atoms with E-state index in [9.17, 15) is 19.5 Å². The molecule has 0 N–H and O–H groups in total. The van der Waals surface area contributed by atoms with Crippen molar-refractivity contribution >= 4 is 35.1 Å². The van der Waals surface area contributed by atoms with Crippen LogP contribution in [-0.2, 0) is 14.3 Å². The van der Waals surface area contributed by atoms with Crippen molar-refractivity contribution in [1.82, 2.24) is 0 Å². The van der Waals surface area contributed by atoms with E-state index < -0.39 is 29.5 Å². The normalized spacial score (nSPS) is 34.3. The topological polar surface area (TPSA) is 86.7 Å². The number of hydrogen-bond donors (Lipinski definition) is 0. The van der Waals surface area contributed by atoms with Gasteiger partial charge in [-0.25, -0.2) is 4.90 Å². The van der Waals surface area contributed by atoms with E-state index in [1.165, 1.54) is 18.2 Å². The Morgan fingerprint density at radius 1 is 1.35 bits per heavy atom. The second-order valence-corrected chi connectivity index (χ2v) is 6.50. The van der Waals surface area contributed by atoms with Crippen molar-refractivity contribution < 1.29 is 24.2 Å². The number of fused-ring (bicyclic) bond motifs is 5. The van der Waals surface area contributed by atoms with Crippen LogP contribution < -0.4 is 10.0 Å². The summed E-state index contributed by atoms with van der Waals surface area (Å²) in [5.41, 5.74) is -0.869. The predicted octanol–water partition coefficient (Wildman–Crippen LogP) is 0.536. The molecule has 0 aliphatic carbocycles. The molecular formula is C16H11ClNO5-. The number of amides is 2. The Balaban J connectivity index is 1.78. The van der Waals surface area contributed by atoms with E-state index in [0.717, 1.165) is 4.90 Å². The monoisotopic (exact) mass is 332 g/mol. The van der Waals surface area contributed by atoms with Gasteiger partial charge in [-0.2, -0.15) is 0 Å². The van der Waals surface area contributed by atoms with Gasteiger partial charge < -0.3 is 14.6 Å². The third-order valence-electron chi connectivity index (χ3n) is 4.76. The lowest BCUT2D eigenvalue weighted by molar-refractivity contribution is -0.255. The van der Waals surface area contributed by atoms with Gasteiger partial charge >= 0.3 is 0 Å². The van der Waals surface area contributed by atoms with Crippen LogP contribution in [0, 0.1) is 11.8 Å². The first-order chi connectivity index (χ1) is 10.8. The zero-order valence-electron chi connectivity index (χ0n) is 12.0. The number of carboxylic acids is 1. The fourth-order valence-electron chi connectivity index (χ4n) is 3.72. The molecule has 0 unspecified atom stereocenters. The quantitative estimate of drug-likeness (QED) is 0.582. The predicted molar refractivity (Wildman–Crippen MR) is 77.7 cm³/mol. The van der Waals surface area contributed by atoms with Gasteiger partial charge in [0.25, 0.3) is 0 Å². The van der Waals surface area contributed by atoms with Crippen LogP contribution >= 0.6 is 11.6 Å². The summed E-state index contributed by atoms with van der Waals surface area (Å²) in [5.74, 6) is -3.40. The first-order valence-electron chi connectivity index (χ1n) is 7.09. The van der Waals surface area contributed by atoms with Crippen molar-refractivity contribution in [2.24, 2.45) is 11.8 Å². The second-order valence-electron chi connectivity index (χ2n) is 6.09. The van der Waals surface area contributed by atoms with Crippen LogP contribution in [-0.4, -0.2) is 29.5 Å². The highest BCUT2D eigenvalue weighted by Gasteiger charge is 2.66. The first kappa shape index (κ1) is 14.4. The largest absolute Gasteiger partial charge is 0.545 e. The SMILES string of the molecule is C[C@]12C=C[C@@H](O1)[C@H]1C(=O)N(c3ccc(Cl)c(C(=O)[O-])c3)C(=O)[C@@H]12. The molecule has 6 nitrogen and oxygen atoms in total. The van der Waals surface area contributed by atoms with Gasteiger partial charge in [0.1, 0.15) is 0 Å². The fourth-order valence-corrected chi connectivity index (χ4v) is 3.91. The highest BCUT2D eigenvalue weighted by molar-refractivity contribution is 6.33. The number of imide groups is 1. The molecule has 7 heteroatoms. The van der Waals surface area contributed by atoms with Crippen LogP contribution in [0.25, 0.3) is 0 Å². The van der Waals surface area contributed by atoms with Crippen molar-refractivity contribution in [3.8, 4) is 0 Å². The van der Waals surface area contributed by atoms with Crippen LogP contribution in [0.4, 0.5) is 5.69 Å². The van der Waals surface area contributed by atoms with Crippen molar-refractivity contribution in [3.05, 3.63) is 40.9 Å². The molecule has 0 spiro atoms. The van der Waals surface area contributed by atoms with Crippen LogP contribution in [0.1, 0.15) is 17.3 Å². The molecule has 0 saturated carbocycles. The van der Waals surface area contributed by atoms with Gasteiger partial charge in [0, 0.05) is 10.6 Å². The highest BCUT2D eigenvalue weighted by Crippen LogP contribution is 2.52. The molecule has 3 aliphatic heterocycles. The Bertz CT molecular complexity index is 804. The highest BCUT2D eigenvalue weighted by atomic mass is 35.5. The molecule has 4 rings (SSSR count). The van der Waals surface area contributed by atoms with Gasteiger partial charge in [-0.3, -0.25) is 9.59 Å². The zero-order chi connectivity index (χ0) is 16.5. The standard InChI is InChI=1S/C16H12ClNO5/c1-16-5-4-10(23-16)11-12(16)14(20)18(13(11)19)7-2-3-9(17)8(6-7)15(21)22/h2-6,10-12H,1H3,(H,21,22)/p-1/t10-,11-,12-,16-/m1/s1. The van der Waals surface area contributed by atoms with Crippen LogP contribution in [0.15, 0.2) is 30.4 Å². The molecule has 0 aromatic heterocycles. The summed E-state index contributed by atoms with van der Waals surface area (Å²) in [6.45, 7) is 1.78. The number of carbonyl (C=O) groups excluding carboxylic acids is 3. The average molecular weight is 333 g/mol. The van der Waals surface area contributed by atoms with Crippen LogP contribution in [0.2, 0.25) is 5.02 Å². The summed E-state index contributed by atoms with van der Waals surface area (Å²) < 4.78 is 5.73. The van der Waals surface area contributed by atoms with Gasteiger partial charge in [0.2, 0.25) is 11.8 Å². The Labute approximate surface area is 136 Å². The van der Waals surface area contributed by atoms with Crippen LogP contribution in [0.5, 0.6) is 0 Å². The summed E-state index contributed by atoms with van der Waals surface area (Å²) in [4.78, 5) is 37.6.